The Morgan fingerprint density at radius 3 is 2.57 bits per heavy atom. The molecule has 11 heteroatoms. The van der Waals surface area contributed by atoms with Crippen molar-refractivity contribution in [1.29, 1.82) is 5.41 Å². The molecule has 0 bridgehead atoms. The Bertz CT molecular complexity index is 1040. The number of nitrogens with one attached hydrogen (secondary N) is 2. The minimum Gasteiger partial charge on any atom is -0.480 e. The van der Waals surface area contributed by atoms with Gasteiger partial charge in [-0.25, -0.2) is 12.8 Å². The summed E-state index contributed by atoms with van der Waals surface area (Å²) in [6, 6.07) is 4.27. The van der Waals surface area contributed by atoms with E-state index in [0.29, 0.717) is 29.3 Å². The molecular formula is C17H20ClN5O4S. The topological polar surface area (TPSA) is 149 Å². The summed E-state index contributed by atoms with van der Waals surface area (Å²) in [7, 11) is -4.08. The molecule has 1 aliphatic carbocycles. The van der Waals surface area contributed by atoms with Gasteiger partial charge in [-0.3, -0.25) is 15.2 Å². The van der Waals surface area contributed by atoms with Gasteiger partial charge in [0.15, 0.2) is 0 Å². The van der Waals surface area contributed by atoms with E-state index in [1.165, 1.54) is 30.6 Å². The molecule has 1 aromatic carbocycles. The molecule has 1 saturated carbocycles. The number of carboxylic acids is 1. The van der Waals surface area contributed by atoms with Gasteiger partial charge in [0.1, 0.15) is 5.54 Å². The molecule has 0 spiro atoms. The summed E-state index contributed by atoms with van der Waals surface area (Å²) < 4.78 is 29.1. The number of anilines is 1. The second-order valence-electron chi connectivity index (χ2n) is 6.76. The van der Waals surface area contributed by atoms with Crippen LogP contribution in [0.2, 0.25) is 0 Å². The first kappa shape index (κ1) is 20.3. The fraction of sp³-hybridized carbons (Fsp3) is 0.353. The number of fused-ring (bicyclic) bond motifs is 1. The molecule has 1 fully saturated rings. The molecule has 150 valence electrons. The molecule has 0 unspecified atom stereocenters. The van der Waals surface area contributed by atoms with Crippen molar-refractivity contribution in [3.63, 3.8) is 0 Å². The molecular weight excluding hydrogens is 406 g/mol. The number of nitrogens with zero attached hydrogens (tertiary/aromatic N) is 2. The minimum absolute atomic E-state index is 0.0749. The number of sulfonamides is 1. The lowest BCUT2D eigenvalue weighted by Gasteiger charge is -2.33. The molecule has 28 heavy (non-hydrogen) atoms. The van der Waals surface area contributed by atoms with Gasteiger partial charge in [-0.2, -0.15) is 4.72 Å². The van der Waals surface area contributed by atoms with Crippen molar-refractivity contribution < 1.29 is 18.3 Å². The van der Waals surface area contributed by atoms with Crippen LogP contribution in [-0.2, 0) is 14.8 Å². The first-order chi connectivity index (χ1) is 13.2. The van der Waals surface area contributed by atoms with E-state index in [4.69, 9.17) is 22.9 Å². The predicted molar refractivity (Wildman–Crippen MR) is 106 cm³/mol. The van der Waals surface area contributed by atoms with Crippen LogP contribution in [0.25, 0.3) is 10.8 Å². The highest BCUT2D eigenvalue weighted by Crippen LogP contribution is 2.32. The van der Waals surface area contributed by atoms with Crippen molar-refractivity contribution in [3.05, 3.63) is 30.6 Å². The highest BCUT2D eigenvalue weighted by atomic mass is 35.5. The molecule has 1 aromatic heterocycles. The molecule has 0 radical (unpaired) electrons. The van der Waals surface area contributed by atoms with Crippen molar-refractivity contribution in [3.8, 4) is 0 Å². The van der Waals surface area contributed by atoms with E-state index in [2.05, 4.69) is 9.71 Å². The maximum absolute atomic E-state index is 12.9. The number of rotatable bonds is 5. The number of nitrogens with two attached hydrogens (primary N) is 1. The van der Waals surface area contributed by atoms with Gasteiger partial charge < -0.3 is 10.8 Å². The Kier molecular flexibility index (Phi) is 5.46. The fourth-order valence-corrected chi connectivity index (χ4v) is 5.01. The van der Waals surface area contributed by atoms with Crippen molar-refractivity contribution in [2.24, 2.45) is 5.73 Å². The second kappa shape index (κ2) is 7.53. The molecule has 1 aliphatic rings. The zero-order valence-corrected chi connectivity index (χ0v) is 16.4. The monoisotopic (exact) mass is 425 g/mol. The normalized spacial score (nSPS) is 16.6. The van der Waals surface area contributed by atoms with E-state index >= 15 is 0 Å². The summed E-state index contributed by atoms with van der Waals surface area (Å²) in [6.07, 6.45) is 5.54. The molecule has 5 N–H and O–H groups in total. The first-order valence-corrected chi connectivity index (χ1v) is 10.4. The van der Waals surface area contributed by atoms with E-state index in [9.17, 15) is 18.3 Å². The van der Waals surface area contributed by atoms with Crippen molar-refractivity contribution in [2.75, 3.05) is 4.42 Å². The highest BCUT2D eigenvalue weighted by Gasteiger charge is 2.43. The number of pyridine rings is 1. The van der Waals surface area contributed by atoms with Crippen LogP contribution in [0.1, 0.15) is 32.1 Å². The van der Waals surface area contributed by atoms with Crippen LogP contribution >= 0.6 is 11.8 Å². The van der Waals surface area contributed by atoms with E-state index in [0.717, 1.165) is 10.8 Å². The number of halogens is 1. The van der Waals surface area contributed by atoms with Gasteiger partial charge >= 0.3 is 5.97 Å². The Balaban J connectivity index is 2.01. The van der Waals surface area contributed by atoms with Gasteiger partial charge in [-0.05, 0) is 25.0 Å². The highest BCUT2D eigenvalue weighted by molar-refractivity contribution is 7.89. The third-order valence-corrected chi connectivity index (χ3v) is 6.79. The molecule has 3 rings (SSSR count). The Labute approximate surface area is 167 Å². The summed E-state index contributed by atoms with van der Waals surface area (Å²) in [4.78, 5) is 15.7. The van der Waals surface area contributed by atoms with Gasteiger partial charge in [0.25, 0.3) is 0 Å². The number of aromatic nitrogens is 1. The smallest absolute Gasteiger partial charge is 0.324 e. The van der Waals surface area contributed by atoms with E-state index in [1.807, 2.05) is 0 Å². The van der Waals surface area contributed by atoms with Crippen LogP contribution < -0.4 is 14.9 Å². The number of benzene rings is 1. The summed E-state index contributed by atoms with van der Waals surface area (Å²) in [5, 5.41) is 18.1. The lowest BCUT2D eigenvalue weighted by atomic mass is 9.83. The van der Waals surface area contributed by atoms with E-state index in [-0.39, 0.29) is 17.7 Å². The molecule has 0 atom stereocenters. The quantitative estimate of drug-likeness (QED) is 0.325. The zero-order chi connectivity index (χ0) is 20.5. The van der Waals surface area contributed by atoms with Crippen molar-refractivity contribution in [1.82, 2.24) is 9.71 Å². The van der Waals surface area contributed by atoms with Gasteiger partial charge in [-0.15, -0.1) is 0 Å². The van der Waals surface area contributed by atoms with Crippen LogP contribution in [-0.4, -0.2) is 36.0 Å². The molecule has 0 aliphatic heterocycles. The third-order valence-electron chi connectivity index (χ3n) is 4.89. The number of carbonyl (C=O) groups is 1. The van der Waals surface area contributed by atoms with Gasteiger partial charge in [0, 0.05) is 28.7 Å². The summed E-state index contributed by atoms with van der Waals surface area (Å²) in [5.74, 6) is -1.57. The zero-order valence-electron chi connectivity index (χ0n) is 14.9. The largest absolute Gasteiger partial charge is 0.480 e. The lowest BCUT2D eigenvalue weighted by molar-refractivity contribution is -0.145. The molecule has 2 aromatic rings. The van der Waals surface area contributed by atoms with Crippen molar-refractivity contribution >= 4 is 50.2 Å². The minimum atomic E-state index is -4.08. The van der Waals surface area contributed by atoms with Crippen molar-refractivity contribution in [2.45, 2.75) is 42.5 Å². The van der Waals surface area contributed by atoms with Crippen LogP contribution in [0.15, 0.2) is 35.5 Å². The van der Waals surface area contributed by atoms with E-state index in [1.54, 1.807) is 0 Å². The standard InChI is InChI=1S/C17H20ClN5O4S/c18-23(16(19)20)14-10-21-9-11-8-12(4-5-13(11)14)28(26,27)22-17(15(24)25)6-2-1-3-7-17/h4-5,8-10,22H,1-3,6-7H2,(H3,19,20)(H,24,25). The SMILES string of the molecule is N=C(N)N(Cl)c1cncc2cc(S(=O)(=O)NC3(C(=O)O)CCCCC3)ccc12. The summed E-state index contributed by atoms with van der Waals surface area (Å²) in [5.41, 5.74) is 4.23. The van der Waals surface area contributed by atoms with Crippen LogP contribution in [0.5, 0.6) is 0 Å². The Hall–Kier alpha value is -2.43. The maximum Gasteiger partial charge on any atom is 0.324 e. The number of aliphatic carboxylic acids is 1. The number of hydrogen-bond acceptors (Lipinski definition) is 5. The molecule has 0 amide bonds. The molecule has 9 nitrogen and oxygen atoms in total. The maximum atomic E-state index is 12.9. The van der Waals surface area contributed by atoms with Gasteiger partial charge in [0.05, 0.1) is 16.8 Å². The fourth-order valence-electron chi connectivity index (χ4n) is 3.42. The summed E-state index contributed by atoms with van der Waals surface area (Å²) >= 11 is 5.98. The molecule has 1 heterocycles. The van der Waals surface area contributed by atoms with Crippen LogP contribution in [0, 0.1) is 5.41 Å². The van der Waals surface area contributed by atoms with Crippen LogP contribution in [0.3, 0.4) is 0 Å². The number of guanidine groups is 1. The summed E-state index contributed by atoms with van der Waals surface area (Å²) in [6.45, 7) is 0. The van der Waals surface area contributed by atoms with Crippen LogP contribution in [0.4, 0.5) is 5.69 Å². The Morgan fingerprint density at radius 1 is 1.29 bits per heavy atom. The molecule has 0 saturated heterocycles. The predicted octanol–water partition coefficient (Wildman–Crippen LogP) is 2.15. The second-order valence-corrected chi connectivity index (χ2v) is 8.78. The first-order valence-electron chi connectivity index (χ1n) is 8.61. The van der Waals surface area contributed by atoms with E-state index < -0.39 is 27.5 Å². The van der Waals surface area contributed by atoms with Gasteiger partial charge in [-0.1, -0.05) is 25.3 Å². The number of carboxylic acid groups (broad SMARTS) is 1. The van der Waals surface area contributed by atoms with Gasteiger partial charge in [0.2, 0.25) is 16.0 Å². The number of hydrogen-bond donors (Lipinski definition) is 4. The lowest BCUT2D eigenvalue weighted by Crippen LogP contribution is -2.55. The third kappa shape index (κ3) is 3.75. The average molecular weight is 426 g/mol. The Morgan fingerprint density at radius 2 is 1.96 bits per heavy atom. The average Bonchev–Trinajstić information content (AvgIpc) is 2.66.